The van der Waals surface area contributed by atoms with E-state index >= 15 is 0 Å². The van der Waals surface area contributed by atoms with E-state index in [4.69, 9.17) is 5.73 Å². The van der Waals surface area contributed by atoms with Gasteiger partial charge < -0.3 is 15.3 Å². The fraction of sp³-hybridized carbons (Fsp3) is 0.500. The molecule has 0 saturated heterocycles. The van der Waals surface area contributed by atoms with Gasteiger partial charge in [-0.3, -0.25) is 4.79 Å². The number of aldehydes is 1. The molecule has 1 unspecified atom stereocenters. The van der Waals surface area contributed by atoms with Crippen molar-refractivity contribution < 1.29 is 19.1 Å². The molecule has 0 spiro atoms. The van der Waals surface area contributed by atoms with Gasteiger partial charge in [0.2, 0.25) is 0 Å². The molecule has 0 amide bonds. The van der Waals surface area contributed by atoms with Gasteiger partial charge in [-0.1, -0.05) is 6.92 Å². The van der Waals surface area contributed by atoms with Crippen LogP contribution in [0, 0.1) is 0 Å². The van der Waals surface area contributed by atoms with Gasteiger partial charge in [0.15, 0.2) is 6.04 Å². The Kier molecular flexibility index (Phi) is 4.05. The van der Waals surface area contributed by atoms with E-state index in [2.05, 4.69) is 4.74 Å². The first kappa shape index (κ1) is 9.77. The molecule has 5 nitrogen and oxygen atoms in total. The van der Waals surface area contributed by atoms with Gasteiger partial charge in [0.1, 0.15) is 6.29 Å². The zero-order valence-electron chi connectivity index (χ0n) is 6.07. The lowest BCUT2D eigenvalue weighted by Gasteiger charge is -2.01. The average molecular weight is 159 g/mol. The second-order valence-corrected chi connectivity index (χ2v) is 1.81. The van der Waals surface area contributed by atoms with Gasteiger partial charge in [0, 0.05) is 6.42 Å². The van der Waals surface area contributed by atoms with Crippen molar-refractivity contribution in [1.82, 2.24) is 0 Å². The highest BCUT2D eigenvalue weighted by Gasteiger charge is 2.16. The van der Waals surface area contributed by atoms with Crippen molar-refractivity contribution in [3.8, 4) is 0 Å². The van der Waals surface area contributed by atoms with Gasteiger partial charge in [0.25, 0.3) is 0 Å². The zero-order valence-corrected chi connectivity index (χ0v) is 6.07. The smallest absolute Gasteiger partial charge is 0.338 e. The third-order valence-corrected chi connectivity index (χ3v) is 0.922. The summed E-state index contributed by atoms with van der Waals surface area (Å²) in [6, 6.07) is -1.36. The number of hydrogen-bond acceptors (Lipinski definition) is 5. The van der Waals surface area contributed by atoms with Crippen LogP contribution in [-0.2, 0) is 19.1 Å². The minimum Gasteiger partial charge on any atom is -0.392 e. The van der Waals surface area contributed by atoms with Crippen molar-refractivity contribution in [1.29, 1.82) is 0 Å². The maximum atomic E-state index is 10.5. The second-order valence-electron chi connectivity index (χ2n) is 1.81. The predicted octanol–water partition coefficient (Wildman–Crippen LogP) is -1.01. The van der Waals surface area contributed by atoms with Crippen LogP contribution in [0.15, 0.2) is 0 Å². The Morgan fingerprint density at radius 1 is 1.64 bits per heavy atom. The van der Waals surface area contributed by atoms with E-state index in [0.717, 1.165) is 0 Å². The van der Waals surface area contributed by atoms with Gasteiger partial charge in [-0.05, 0) is 0 Å². The molecule has 0 aromatic rings. The molecule has 62 valence electrons. The van der Waals surface area contributed by atoms with Crippen LogP contribution in [0.2, 0.25) is 0 Å². The molecule has 0 radical (unpaired) electrons. The molecule has 0 rings (SSSR count). The van der Waals surface area contributed by atoms with Crippen molar-refractivity contribution >= 4 is 18.2 Å². The molecule has 0 aliphatic rings. The Hall–Kier alpha value is -1.23. The van der Waals surface area contributed by atoms with Crippen LogP contribution in [0.3, 0.4) is 0 Å². The maximum absolute atomic E-state index is 10.5. The van der Waals surface area contributed by atoms with E-state index in [1.807, 2.05) is 0 Å². The Bertz CT molecular complexity index is 177. The lowest BCUT2D eigenvalue weighted by atomic mass is 10.3. The molecule has 0 aromatic heterocycles. The Morgan fingerprint density at radius 3 is 2.55 bits per heavy atom. The highest BCUT2D eigenvalue weighted by molar-refractivity contribution is 5.97. The number of carbonyl (C=O) groups excluding carboxylic acids is 3. The van der Waals surface area contributed by atoms with Crippen molar-refractivity contribution in [3.05, 3.63) is 0 Å². The standard InChI is InChI=1S/C6H9NO4/c1-2-5(9)11-6(10)4(7)3-8/h3-4H,2,7H2,1H3. The Morgan fingerprint density at radius 2 is 2.18 bits per heavy atom. The first-order chi connectivity index (χ1) is 5.11. The molecule has 5 heteroatoms. The molecular weight excluding hydrogens is 150 g/mol. The number of nitrogens with two attached hydrogens (primary N) is 1. The summed E-state index contributed by atoms with van der Waals surface area (Å²) in [4.78, 5) is 30.9. The molecule has 0 aromatic carbocycles. The van der Waals surface area contributed by atoms with Crippen LogP contribution >= 0.6 is 0 Å². The quantitative estimate of drug-likeness (QED) is 0.324. The summed E-state index contributed by atoms with van der Waals surface area (Å²) >= 11 is 0. The van der Waals surface area contributed by atoms with Crippen molar-refractivity contribution in [2.45, 2.75) is 19.4 Å². The summed E-state index contributed by atoms with van der Waals surface area (Å²) in [7, 11) is 0. The van der Waals surface area contributed by atoms with E-state index in [1.165, 1.54) is 6.92 Å². The molecule has 1 atom stereocenters. The fourth-order valence-electron chi connectivity index (χ4n) is 0.308. The van der Waals surface area contributed by atoms with Gasteiger partial charge in [-0.15, -0.1) is 0 Å². The molecule has 0 fully saturated rings. The normalized spacial score (nSPS) is 11.8. The van der Waals surface area contributed by atoms with Crippen molar-refractivity contribution in [2.24, 2.45) is 5.73 Å². The molecule has 0 bridgehead atoms. The summed E-state index contributed by atoms with van der Waals surface area (Å²) in [6.45, 7) is 1.53. The van der Waals surface area contributed by atoms with Crippen molar-refractivity contribution in [3.63, 3.8) is 0 Å². The highest BCUT2D eigenvalue weighted by atomic mass is 16.6. The van der Waals surface area contributed by atoms with E-state index in [-0.39, 0.29) is 12.7 Å². The third-order valence-electron chi connectivity index (χ3n) is 0.922. The van der Waals surface area contributed by atoms with Crippen LogP contribution in [0.1, 0.15) is 13.3 Å². The van der Waals surface area contributed by atoms with Gasteiger partial charge in [-0.2, -0.15) is 0 Å². The molecule has 2 N–H and O–H groups in total. The Balaban J connectivity index is 3.87. The van der Waals surface area contributed by atoms with Gasteiger partial charge in [0.05, 0.1) is 0 Å². The number of ether oxygens (including phenoxy) is 1. The minimum atomic E-state index is -1.36. The molecule has 0 saturated carbocycles. The van der Waals surface area contributed by atoms with E-state index in [9.17, 15) is 14.4 Å². The maximum Gasteiger partial charge on any atom is 0.338 e. The summed E-state index contributed by atoms with van der Waals surface area (Å²) in [6.07, 6.45) is 0.294. The summed E-state index contributed by atoms with van der Waals surface area (Å²) < 4.78 is 4.12. The minimum absolute atomic E-state index is 0.0807. The first-order valence-electron chi connectivity index (χ1n) is 3.07. The molecule has 11 heavy (non-hydrogen) atoms. The molecule has 0 aliphatic heterocycles. The number of hydrogen-bond donors (Lipinski definition) is 1. The van der Waals surface area contributed by atoms with Gasteiger partial charge >= 0.3 is 11.9 Å². The molecule has 0 aliphatic carbocycles. The SMILES string of the molecule is CCC(=O)OC(=O)C(N)C=O. The summed E-state index contributed by atoms with van der Waals surface area (Å²) in [5.41, 5.74) is 4.92. The zero-order chi connectivity index (χ0) is 8.85. The van der Waals surface area contributed by atoms with Crippen molar-refractivity contribution in [2.75, 3.05) is 0 Å². The summed E-state index contributed by atoms with van der Waals surface area (Å²) in [5, 5.41) is 0. The summed E-state index contributed by atoms with van der Waals surface area (Å²) in [5.74, 6) is -1.70. The van der Waals surface area contributed by atoms with E-state index < -0.39 is 18.0 Å². The van der Waals surface area contributed by atoms with Crippen LogP contribution in [0.25, 0.3) is 0 Å². The second kappa shape index (κ2) is 4.56. The highest BCUT2D eigenvalue weighted by Crippen LogP contribution is 1.87. The number of rotatable bonds is 3. The van der Waals surface area contributed by atoms with Crippen LogP contribution in [0.5, 0.6) is 0 Å². The fourth-order valence-corrected chi connectivity index (χ4v) is 0.308. The van der Waals surface area contributed by atoms with E-state index in [1.54, 1.807) is 0 Å². The van der Waals surface area contributed by atoms with E-state index in [0.29, 0.717) is 0 Å². The first-order valence-corrected chi connectivity index (χ1v) is 3.07. The number of carbonyl (C=O) groups is 3. The topological polar surface area (TPSA) is 86.5 Å². The van der Waals surface area contributed by atoms with Crippen LogP contribution in [0.4, 0.5) is 0 Å². The van der Waals surface area contributed by atoms with Crippen LogP contribution < -0.4 is 5.73 Å². The Labute approximate surface area is 63.5 Å². The average Bonchev–Trinajstić information content (AvgIpc) is 2.02. The number of esters is 2. The van der Waals surface area contributed by atoms with Crippen LogP contribution in [-0.4, -0.2) is 24.3 Å². The predicted molar refractivity (Wildman–Crippen MR) is 35.4 cm³/mol. The molecular formula is C6H9NO4. The lowest BCUT2D eigenvalue weighted by Crippen LogP contribution is -2.34. The lowest BCUT2D eigenvalue weighted by molar-refractivity contribution is -0.160. The largest absolute Gasteiger partial charge is 0.392 e. The third kappa shape index (κ3) is 3.47. The van der Waals surface area contributed by atoms with Gasteiger partial charge in [-0.25, -0.2) is 4.79 Å². The molecule has 0 heterocycles. The monoisotopic (exact) mass is 159 g/mol.